The van der Waals surface area contributed by atoms with E-state index in [0.29, 0.717) is 0 Å². The molecule has 140 valence electrons. The standard InChI is InChI=1S/C22H28O4/c1-15(11-17-7-9-19(23-3)21(13-17)25-5)16(2)12-18-8-10-20(24-4)22(14-18)26-6/h7-10,13-14H,11-12H2,1-6H3. The topological polar surface area (TPSA) is 36.9 Å². The normalized spacial score (nSPS) is 11.6. The van der Waals surface area contributed by atoms with Crippen molar-refractivity contribution in [2.24, 2.45) is 0 Å². The van der Waals surface area contributed by atoms with E-state index in [1.54, 1.807) is 28.4 Å². The van der Waals surface area contributed by atoms with E-state index in [9.17, 15) is 0 Å². The van der Waals surface area contributed by atoms with Crippen LogP contribution in [0.4, 0.5) is 0 Å². The highest BCUT2D eigenvalue weighted by Gasteiger charge is 2.08. The molecule has 0 bridgehead atoms. The van der Waals surface area contributed by atoms with Crippen LogP contribution in [-0.4, -0.2) is 28.4 Å². The molecule has 0 atom stereocenters. The van der Waals surface area contributed by atoms with E-state index in [1.807, 2.05) is 24.3 Å². The lowest BCUT2D eigenvalue weighted by Crippen LogP contribution is -1.98. The summed E-state index contributed by atoms with van der Waals surface area (Å²) in [6.07, 6.45) is 1.75. The smallest absolute Gasteiger partial charge is 0.160 e. The summed E-state index contributed by atoms with van der Waals surface area (Å²) in [5.74, 6) is 3.02. The lowest BCUT2D eigenvalue weighted by molar-refractivity contribution is 0.354. The van der Waals surface area contributed by atoms with Crippen LogP contribution in [0, 0.1) is 0 Å². The van der Waals surface area contributed by atoms with E-state index < -0.39 is 0 Å². The van der Waals surface area contributed by atoms with E-state index in [-0.39, 0.29) is 0 Å². The van der Waals surface area contributed by atoms with Crippen LogP contribution >= 0.6 is 0 Å². The Morgan fingerprint density at radius 1 is 0.577 bits per heavy atom. The quantitative estimate of drug-likeness (QED) is 0.634. The second-order valence-corrected chi connectivity index (χ2v) is 6.29. The van der Waals surface area contributed by atoms with Crippen molar-refractivity contribution in [1.29, 1.82) is 0 Å². The van der Waals surface area contributed by atoms with Gasteiger partial charge in [0.15, 0.2) is 23.0 Å². The maximum absolute atomic E-state index is 5.40. The van der Waals surface area contributed by atoms with Crippen molar-refractivity contribution >= 4 is 0 Å². The molecule has 26 heavy (non-hydrogen) atoms. The number of benzene rings is 2. The van der Waals surface area contributed by atoms with Gasteiger partial charge in [-0.2, -0.15) is 0 Å². The second kappa shape index (κ2) is 9.18. The van der Waals surface area contributed by atoms with Crippen molar-refractivity contribution in [2.75, 3.05) is 28.4 Å². The second-order valence-electron chi connectivity index (χ2n) is 6.29. The highest BCUT2D eigenvalue weighted by molar-refractivity contribution is 5.45. The summed E-state index contributed by atoms with van der Waals surface area (Å²) in [6, 6.07) is 12.1. The molecule has 0 amide bonds. The highest BCUT2D eigenvalue weighted by Crippen LogP contribution is 2.30. The van der Waals surface area contributed by atoms with Crippen molar-refractivity contribution in [3.05, 3.63) is 58.7 Å². The van der Waals surface area contributed by atoms with Gasteiger partial charge in [0.05, 0.1) is 28.4 Å². The van der Waals surface area contributed by atoms with Crippen LogP contribution in [0.3, 0.4) is 0 Å². The third-order valence-electron chi connectivity index (χ3n) is 4.56. The van der Waals surface area contributed by atoms with Crippen molar-refractivity contribution in [3.63, 3.8) is 0 Å². The predicted molar refractivity (Wildman–Crippen MR) is 105 cm³/mol. The van der Waals surface area contributed by atoms with Crippen molar-refractivity contribution in [3.8, 4) is 23.0 Å². The Morgan fingerprint density at radius 2 is 0.923 bits per heavy atom. The molecule has 0 spiro atoms. The Bertz CT molecular complexity index is 712. The summed E-state index contributed by atoms with van der Waals surface area (Å²) in [7, 11) is 6.62. The molecule has 4 heteroatoms. The first-order chi connectivity index (χ1) is 12.5. The van der Waals surface area contributed by atoms with Gasteiger partial charge >= 0.3 is 0 Å². The fraction of sp³-hybridized carbons (Fsp3) is 0.364. The summed E-state index contributed by atoms with van der Waals surface area (Å²) in [5, 5.41) is 0. The van der Waals surface area contributed by atoms with Gasteiger partial charge in [0.1, 0.15) is 0 Å². The monoisotopic (exact) mass is 356 g/mol. The first-order valence-corrected chi connectivity index (χ1v) is 8.59. The first-order valence-electron chi connectivity index (χ1n) is 8.59. The molecule has 0 saturated carbocycles. The number of ether oxygens (including phenoxy) is 4. The van der Waals surface area contributed by atoms with Crippen LogP contribution in [0.1, 0.15) is 25.0 Å². The van der Waals surface area contributed by atoms with Gasteiger partial charge in [0, 0.05) is 0 Å². The number of hydrogen-bond acceptors (Lipinski definition) is 4. The lowest BCUT2D eigenvalue weighted by atomic mass is 9.97. The van der Waals surface area contributed by atoms with Gasteiger partial charge in [-0.05, 0) is 62.1 Å². The zero-order chi connectivity index (χ0) is 19.1. The molecule has 0 heterocycles. The minimum Gasteiger partial charge on any atom is -0.493 e. The Morgan fingerprint density at radius 3 is 1.23 bits per heavy atom. The van der Waals surface area contributed by atoms with E-state index >= 15 is 0 Å². The minimum atomic E-state index is 0.750. The molecule has 0 unspecified atom stereocenters. The van der Waals surface area contributed by atoms with Gasteiger partial charge in [-0.1, -0.05) is 23.3 Å². The maximum atomic E-state index is 5.40. The van der Waals surface area contributed by atoms with Gasteiger partial charge in [0.2, 0.25) is 0 Å². The molecule has 4 nitrogen and oxygen atoms in total. The molecule has 0 aliphatic carbocycles. The Labute approximate surface area is 156 Å². The minimum absolute atomic E-state index is 0.750. The Balaban J connectivity index is 2.16. The van der Waals surface area contributed by atoms with E-state index in [4.69, 9.17) is 18.9 Å². The fourth-order valence-electron chi connectivity index (χ4n) is 2.90. The fourth-order valence-corrected chi connectivity index (χ4v) is 2.90. The molecule has 0 N–H and O–H groups in total. The molecule has 2 aromatic rings. The van der Waals surface area contributed by atoms with Crippen molar-refractivity contribution in [2.45, 2.75) is 26.7 Å². The van der Waals surface area contributed by atoms with Gasteiger partial charge in [-0.25, -0.2) is 0 Å². The van der Waals surface area contributed by atoms with Crippen LogP contribution in [0.5, 0.6) is 23.0 Å². The predicted octanol–water partition coefficient (Wildman–Crippen LogP) is 4.84. The number of methoxy groups -OCH3 is 4. The molecule has 0 saturated heterocycles. The van der Waals surface area contributed by atoms with Crippen LogP contribution in [0.2, 0.25) is 0 Å². The van der Waals surface area contributed by atoms with Crippen LogP contribution in [0.25, 0.3) is 0 Å². The van der Waals surface area contributed by atoms with Gasteiger partial charge < -0.3 is 18.9 Å². The summed E-state index contributed by atoms with van der Waals surface area (Å²) in [5.41, 5.74) is 5.08. The zero-order valence-corrected chi connectivity index (χ0v) is 16.5. The van der Waals surface area contributed by atoms with Crippen LogP contribution < -0.4 is 18.9 Å². The molecule has 2 rings (SSSR count). The molecule has 0 radical (unpaired) electrons. The number of allylic oxidation sites excluding steroid dienone is 2. The van der Waals surface area contributed by atoms with Crippen LogP contribution in [-0.2, 0) is 12.8 Å². The van der Waals surface area contributed by atoms with E-state index in [0.717, 1.165) is 35.8 Å². The number of rotatable bonds is 8. The lowest BCUT2D eigenvalue weighted by Gasteiger charge is -2.13. The Kier molecular flexibility index (Phi) is 6.96. The average molecular weight is 356 g/mol. The van der Waals surface area contributed by atoms with Gasteiger partial charge in [-0.15, -0.1) is 0 Å². The summed E-state index contributed by atoms with van der Waals surface area (Å²) >= 11 is 0. The average Bonchev–Trinajstić information content (AvgIpc) is 2.67. The van der Waals surface area contributed by atoms with Crippen molar-refractivity contribution < 1.29 is 18.9 Å². The first kappa shape index (κ1) is 19.7. The molecule has 0 aliphatic heterocycles. The Hall–Kier alpha value is -2.62. The van der Waals surface area contributed by atoms with Crippen molar-refractivity contribution in [1.82, 2.24) is 0 Å². The number of hydrogen-bond donors (Lipinski definition) is 0. The summed E-state index contributed by atoms with van der Waals surface area (Å²) in [4.78, 5) is 0. The summed E-state index contributed by atoms with van der Waals surface area (Å²) in [6.45, 7) is 4.35. The molecule has 0 fully saturated rings. The molecule has 0 aliphatic rings. The third-order valence-corrected chi connectivity index (χ3v) is 4.56. The molecular weight excluding hydrogens is 328 g/mol. The van der Waals surface area contributed by atoms with E-state index in [1.165, 1.54) is 22.3 Å². The largest absolute Gasteiger partial charge is 0.493 e. The van der Waals surface area contributed by atoms with Gasteiger partial charge in [0.25, 0.3) is 0 Å². The molecule has 0 aromatic heterocycles. The molecular formula is C22H28O4. The van der Waals surface area contributed by atoms with Gasteiger partial charge in [-0.3, -0.25) is 0 Å². The SMILES string of the molecule is COc1ccc(CC(C)=C(C)Cc2ccc(OC)c(OC)c2)cc1OC. The molecule has 2 aromatic carbocycles. The third kappa shape index (κ3) is 4.72. The highest BCUT2D eigenvalue weighted by atomic mass is 16.5. The van der Waals surface area contributed by atoms with E-state index in [2.05, 4.69) is 26.0 Å². The van der Waals surface area contributed by atoms with Crippen LogP contribution in [0.15, 0.2) is 47.5 Å². The summed E-state index contributed by atoms with van der Waals surface area (Å²) < 4.78 is 21.4. The maximum Gasteiger partial charge on any atom is 0.160 e. The zero-order valence-electron chi connectivity index (χ0n) is 16.5.